The van der Waals surface area contributed by atoms with E-state index in [1.165, 1.54) is 17.7 Å². The fourth-order valence-corrected chi connectivity index (χ4v) is 4.87. The summed E-state index contributed by atoms with van der Waals surface area (Å²) < 4.78 is 44.3. The van der Waals surface area contributed by atoms with Crippen LogP contribution in [0.15, 0.2) is 97.1 Å². The topological polar surface area (TPSA) is 30.7 Å². The van der Waals surface area contributed by atoms with Crippen LogP contribution < -0.4 is 0 Å². The second kappa shape index (κ2) is 8.29. The predicted octanol–water partition coefficient (Wildman–Crippen LogP) is 7.25. The Morgan fingerprint density at radius 2 is 1.18 bits per heavy atom. The smallest absolute Gasteiger partial charge is 0.244 e. The Kier molecular flexibility index (Phi) is 5.41. The van der Waals surface area contributed by atoms with Gasteiger partial charge in [-0.3, -0.25) is 0 Å². The van der Waals surface area contributed by atoms with E-state index in [-0.39, 0.29) is 21.7 Å². The van der Waals surface area contributed by atoms with Gasteiger partial charge >= 0.3 is 6.18 Å². The van der Waals surface area contributed by atoms with Gasteiger partial charge in [-0.25, -0.2) is 9.67 Å². The molecule has 34 heavy (non-hydrogen) atoms. The lowest BCUT2D eigenvalue weighted by atomic mass is 9.77. The first-order valence-electron chi connectivity index (χ1n) is 10.6. The number of nitrogens with zero attached hydrogens (tertiary/aromatic N) is 3. The number of alkyl halides is 3. The third-order valence-electron chi connectivity index (χ3n) is 5.97. The Hall–Kier alpha value is -3.64. The Balaban J connectivity index is 2.04. The van der Waals surface area contributed by atoms with Crippen molar-refractivity contribution in [3.05, 3.63) is 130 Å². The van der Waals surface area contributed by atoms with E-state index in [0.717, 1.165) is 16.7 Å². The van der Waals surface area contributed by atoms with Gasteiger partial charge in [0.15, 0.2) is 5.69 Å². The molecule has 0 bridgehead atoms. The molecule has 2 aromatic heterocycles. The molecular formula is C27H19ClF3N3. The van der Waals surface area contributed by atoms with Crippen LogP contribution in [0.2, 0.25) is 5.15 Å². The van der Waals surface area contributed by atoms with Gasteiger partial charge in [0.1, 0.15) is 10.7 Å². The summed E-state index contributed by atoms with van der Waals surface area (Å²) >= 11 is 6.27. The first kappa shape index (κ1) is 22.2. The van der Waals surface area contributed by atoms with Gasteiger partial charge in [-0.05, 0) is 23.6 Å². The molecule has 170 valence electrons. The van der Waals surface area contributed by atoms with E-state index >= 15 is 0 Å². The van der Waals surface area contributed by atoms with Gasteiger partial charge in [0.05, 0.1) is 16.6 Å². The van der Waals surface area contributed by atoms with E-state index in [0.29, 0.717) is 0 Å². The van der Waals surface area contributed by atoms with Crippen LogP contribution in [0.3, 0.4) is 0 Å². The minimum absolute atomic E-state index is 0.0657. The number of pyridine rings is 1. The summed E-state index contributed by atoms with van der Waals surface area (Å²) in [7, 11) is 0. The van der Waals surface area contributed by atoms with Crippen LogP contribution in [0.4, 0.5) is 13.2 Å². The minimum atomic E-state index is -4.68. The van der Waals surface area contributed by atoms with Crippen molar-refractivity contribution in [3.63, 3.8) is 0 Å². The zero-order chi connectivity index (χ0) is 23.9. The Morgan fingerprint density at radius 3 is 1.59 bits per heavy atom. The zero-order valence-corrected chi connectivity index (χ0v) is 18.8. The van der Waals surface area contributed by atoms with Crippen LogP contribution in [0.1, 0.15) is 28.1 Å². The van der Waals surface area contributed by atoms with E-state index in [4.69, 9.17) is 11.6 Å². The third-order valence-corrected chi connectivity index (χ3v) is 6.17. The van der Waals surface area contributed by atoms with Crippen molar-refractivity contribution in [2.24, 2.45) is 0 Å². The van der Waals surface area contributed by atoms with Gasteiger partial charge in [0.2, 0.25) is 0 Å². The van der Waals surface area contributed by atoms with Crippen molar-refractivity contribution in [2.75, 3.05) is 0 Å². The molecule has 0 spiro atoms. The largest absolute Gasteiger partial charge is 0.435 e. The number of hydrogen-bond acceptors (Lipinski definition) is 2. The standard InChI is InChI=1S/C27H19ClF3N3/c1-18-24-22(17-23(28)32-18)34(33-25(24)27(29,30)31)26(19-11-5-2-6-12-19,20-13-7-3-8-14-20)21-15-9-4-10-16-21/h2-17H,1H3. The summed E-state index contributed by atoms with van der Waals surface area (Å²) in [6.07, 6.45) is -4.68. The average Bonchev–Trinajstić information content (AvgIpc) is 3.22. The van der Waals surface area contributed by atoms with Crippen LogP contribution in [-0.4, -0.2) is 14.8 Å². The van der Waals surface area contributed by atoms with Crippen molar-refractivity contribution in [1.29, 1.82) is 0 Å². The molecule has 0 unspecified atom stereocenters. The van der Waals surface area contributed by atoms with E-state index in [1.807, 2.05) is 91.0 Å². The highest BCUT2D eigenvalue weighted by Gasteiger charge is 2.45. The van der Waals surface area contributed by atoms with Gasteiger partial charge < -0.3 is 0 Å². The second-order valence-corrected chi connectivity index (χ2v) is 8.38. The first-order chi connectivity index (χ1) is 16.3. The van der Waals surface area contributed by atoms with E-state index in [1.54, 1.807) is 0 Å². The highest BCUT2D eigenvalue weighted by molar-refractivity contribution is 6.30. The minimum Gasteiger partial charge on any atom is -0.244 e. The lowest BCUT2D eigenvalue weighted by molar-refractivity contribution is -0.140. The molecule has 0 aliphatic rings. The quantitative estimate of drug-likeness (QED) is 0.201. The summed E-state index contributed by atoms with van der Waals surface area (Å²) in [5.74, 6) is 0. The molecule has 5 aromatic rings. The van der Waals surface area contributed by atoms with Crippen LogP contribution in [0.5, 0.6) is 0 Å². The highest BCUT2D eigenvalue weighted by Crippen LogP contribution is 2.45. The van der Waals surface area contributed by atoms with Crippen molar-refractivity contribution in [2.45, 2.75) is 18.6 Å². The fourth-order valence-electron chi connectivity index (χ4n) is 4.64. The van der Waals surface area contributed by atoms with Crippen LogP contribution in [-0.2, 0) is 11.7 Å². The molecule has 0 aliphatic heterocycles. The fraction of sp³-hybridized carbons (Fsp3) is 0.111. The molecule has 0 radical (unpaired) electrons. The first-order valence-corrected chi connectivity index (χ1v) is 11.0. The Bertz CT molecular complexity index is 1350. The summed E-state index contributed by atoms with van der Waals surface area (Å²) in [4.78, 5) is 4.10. The summed E-state index contributed by atoms with van der Waals surface area (Å²) in [6.45, 7) is 1.52. The molecule has 0 amide bonds. The van der Waals surface area contributed by atoms with Gasteiger partial charge in [-0.2, -0.15) is 18.3 Å². The van der Waals surface area contributed by atoms with Crippen LogP contribution in [0, 0.1) is 6.92 Å². The molecule has 3 nitrogen and oxygen atoms in total. The van der Waals surface area contributed by atoms with Crippen molar-refractivity contribution >= 4 is 22.5 Å². The monoisotopic (exact) mass is 477 g/mol. The number of rotatable bonds is 4. The summed E-state index contributed by atoms with van der Waals surface area (Å²) in [5, 5.41) is 4.29. The molecular weight excluding hydrogens is 459 g/mol. The third kappa shape index (κ3) is 3.46. The van der Waals surface area contributed by atoms with Crippen LogP contribution >= 0.6 is 11.6 Å². The maximum atomic E-state index is 14.3. The van der Waals surface area contributed by atoms with E-state index < -0.39 is 17.4 Å². The maximum absolute atomic E-state index is 14.3. The number of hydrogen-bond donors (Lipinski definition) is 0. The molecule has 0 saturated heterocycles. The molecule has 0 saturated carbocycles. The number of fused-ring (bicyclic) bond motifs is 1. The number of aromatic nitrogens is 3. The Morgan fingerprint density at radius 1 is 0.735 bits per heavy atom. The lowest BCUT2D eigenvalue weighted by Gasteiger charge is -2.37. The van der Waals surface area contributed by atoms with Gasteiger partial charge in [0, 0.05) is 6.07 Å². The molecule has 3 aromatic carbocycles. The molecule has 2 heterocycles. The summed E-state index contributed by atoms with van der Waals surface area (Å²) in [6, 6.07) is 29.7. The average molecular weight is 478 g/mol. The van der Waals surface area contributed by atoms with Gasteiger partial charge in [-0.15, -0.1) is 0 Å². The molecule has 0 aliphatic carbocycles. The second-order valence-electron chi connectivity index (χ2n) is 7.99. The number of benzene rings is 3. The molecule has 0 atom stereocenters. The van der Waals surface area contributed by atoms with Crippen molar-refractivity contribution in [3.8, 4) is 0 Å². The van der Waals surface area contributed by atoms with E-state index in [9.17, 15) is 13.2 Å². The normalized spacial score (nSPS) is 12.3. The van der Waals surface area contributed by atoms with E-state index in [2.05, 4.69) is 10.1 Å². The summed E-state index contributed by atoms with van der Waals surface area (Å²) in [5.41, 5.74) is 0.507. The van der Waals surface area contributed by atoms with Crippen LogP contribution in [0.25, 0.3) is 10.9 Å². The highest BCUT2D eigenvalue weighted by atomic mass is 35.5. The Labute approximate surface area is 199 Å². The van der Waals surface area contributed by atoms with Gasteiger partial charge in [-0.1, -0.05) is 103 Å². The number of halogens is 4. The predicted molar refractivity (Wildman–Crippen MR) is 127 cm³/mol. The maximum Gasteiger partial charge on any atom is 0.435 e. The SMILES string of the molecule is Cc1nc(Cl)cc2c1c(C(F)(F)F)nn2C(c1ccccc1)(c1ccccc1)c1ccccc1. The molecule has 0 fully saturated rings. The van der Waals surface area contributed by atoms with Crippen molar-refractivity contribution < 1.29 is 13.2 Å². The number of aryl methyl sites for hydroxylation is 1. The molecule has 0 N–H and O–H groups in total. The molecule has 5 rings (SSSR count). The van der Waals surface area contributed by atoms with Crippen molar-refractivity contribution in [1.82, 2.24) is 14.8 Å². The zero-order valence-electron chi connectivity index (χ0n) is 18.1. The van der Waals surface area contributed by atoms with Gasteiger partial charge in [0.25, 0.3) is 0 Å². The molecule has 7 heteroatoms. The lowest BCUT2D eigenvalue weighted by Crippen LogP contribution is -2.38.